The van der Waals surface area contributed by atoms with Crippen LogP contribution in [0.1, 0.15) is 15.4 Å². The molecule has 24 heavy (non-hydrogen) atoms. The van der Waals surface area contributed by atoms with Gasteiger partial charge in [-0.1, -0.05) is 0 Å². The number of aromatic nitrogens is 4. The highest BCUT2D eigenvalue weighted by molar-refractivity contribution is 7.13. The Morgan fingerprint density at radius 2 is 2.04 bits per heavy atom. The average Bonchev–Trinajstić information content (AvgIpc) is 3.18. The van der Waals surface area contributed by atoms with Gasteiger partial charge in [0.1, 0.15) is 5.01 Å². The van der Waals surface area contributed by atoms with Gasteiger partial charge in [-0.2, -0.15) is 5.10 Å². The summed E-state index contributed by atoms with van der Waals surface area (Å²) in [5, 5.41) is 13.9. The number of carboxylic acids is 1. The fourth-order valence-corrected chi connectivity index (χ4v) is 2.86. The molecule has 120 valence electrons. The first-order valence-electron chi connectivity index (χ1n) is 7.11. The summed E-state index contributed by atoms with van der Waals surface area (Å²) in [7, 11) is 1.88. The Kier molecular flexibility index (Phi) is 4.62. The van der Waals surface area contributed by atoms with Crippen LogP contribution in [0.4, 0.5) is 0 Å². The van der Waals surface area contributed by atoms with Crippen LogP contribution >= 0.6 is 11.3 Å². The third-order valence-corrected chi connectivity index (χ3v) is 4.08. The van der Waals surface area contributed by atoms with Gasteiger partial charge in [-0.3, -0.25) is 9.67 Å². The van der Waals surface area contributed by atoms with E-state index in [1.165, 1.54) is 17.4 Å². The van der Waals surface area contributed by atoms with E-state index in [0.717, 1.165) is 32.8 Å². The van der Waals surface area contributed by atoms with E-state index in [1.807, 2.05) is 37.5 Å². The van der Waals surface area contributed by atoms with Gasteiger partial charge in [-0.05, 0) is 30.4 Å². The highest BCUT2D eigenvalue weighted by Crippen LogP contribution is 2.24. The molecule has 0 aliphatic rings. The van der Waals surface area contributed by atoms with Gasteiger partial charge in [0.05, 0.1) is 5.69 Å². The molecule has 3 aromatic rings. The van der Waals surface area contributed by atoms with E-state index < -0.39 is 5.97 Å². The Morgan fingerprint density at radius 3 is 2.79 bits per heavy atom. The molecule has 3 rings (SSSR count). The smallest absolute Gasteiger partial charge is 0.328 e. The maximum Gasteiger partial charge on any atom is 0.328 e. The first kappa shape index (κ1) is 15.8. The maximum atomic E-state index is 10.5. The molecule has 0 atom stereocenters. The van der Waals surface area contributed by atoms with Crippen LogP contribution in [0.5, 0.6) is 0 Å². The Hall–Kier alpha value is -3.06. The molecule has 3 aromatic heterocycles. The molecular formula is C17H14N4O2S. The summed E-state index contributed by atoms with van der Waals surface area (Å²) in [4.78, 5) is 19.6. The van der Waals surface area contributed by atoms with Gasteiger partial charge in [0.25, 0.3) is 0 Å². The van der Waals surface area contributed by atoms with Crippen molar-refractivity contribution >= 4 is 35.5 Å². The number of thiazole rings is 1. The molecule has 0 spiro atoms. The molecular weight excluding hydrogens is 324 g/mol. The third kappa shape index (κ3) is 3.82. The van der Waals surface area contributed by atoms with Crippen LogP contribution in [0.15, 0.2) is 43.0 Å². The molecule has 0 fully saturated rings. The molecule has 6 nitrogen and oxygen atoms in total. The molecule has 7 heteroatoms. The SMILES string of the molecule is Cn1cc(C=Cc2ncc(C=CC(=O)O)s2)c(-c2ccncc2)n1. The lowest BCUT2D eigenvalue weighted by Gasteiger charge is -1.97. The van der Waals surface area contributed by atoms with Crippen LogP contribution in [-0.4, -0.2) is 30.8 Å². The van der Waals surface area contributed by atoms with Gasteiger partial charge in [0.2, 0.25) is 0 Å². The molecule has 3 heterocycles. The fourth-order valence-electron chi connectivity index (χ4n) is 2.13. The Labute approximate surface area is 142 Å². The second-order valence-electron chi connectivity index (χ2n) is 4.95. The number of pyridine rings is 1. The minimum atomic E-state index is -0.974. The molecule has 0 saturated heterocycles. The van der Waals surface area contributed by atoms with Crippen molar-refractivity contribution in [3.8, 4) is 11.3 Å². The van der Waals surface area contributed by atoms with Crippen LogP contribution in [0.2, 0.25) is 0 Å². The van der Waals surface area contributed by atoms with Crippen molar-refractivity contribution in [2.24, 2.45) is 7.05 Å². The van der Waals surface area contributed by atoms with Crippen molar-refractivity contribution < 1.29 is 9.90 Å². The van der Waals surface area contributed by atoms with E-state index in [9.17, 15) is 4.79 Å². The standard InChI is InChI=1S/C17H14N4O2S/c1-21-11-13(17(20-21)12-6-8-18-9-7-12)2-4-15-19-10-14(24-15)3-5-16(22)23/h2-11H,1H3,(H,22,23). The van der Waals surface area contributed by atoms with Crippen molar-refractivity contribution in [1.82, 2.24) is 19.7 Å². The van der Waals surface area contributed by atoms with Crippen molar-refractivity contribution in [2.45, 2.75) is 0 Å². The summed E-state index contributed by atoms with van der Waals surface area (Å²) in [6.07, 6.45) is 13.5. The van der Waals surface area contributed by atoms with Gasteiger partial charge in [-0.25, -0.2) is 9.78 Å². The molecule has 0 aromatic carbocycles. The van der Waals surface area contributed by atoms with Crippen molar-refractivity contribution in [3.05, 3.63) is 58.4 Å². The van der Waals surface area contributed by atoms with E-state index >= 15 is 0 Å². The Bertz CT molecular complexity index is 910. The number of nitrogens with zero attached hydrogens (tertiary/aromatic N) is 4. The van der Waals surface area contributed by atoms with E-state index in [0.29, 0.717) is 0 Å². The van der Waals surface area contributed by atoms with Gasteiger partial charge < -0.3 is 5.11 Å². The molecule has 0 unspecified atom stereocenters. The predicted molar refractivity (Wildman–Crippen MR) is 94.2 cm³/mol. The summed E-state index contributed by atoms with van der Waals surface area (Å²) in [6.45, 7) is 0. The highest BCUT2D eigenvalue weighted by Gasteiger charge is 2.07. The predicted octanol–water partition coefficient (Wildman–Crippen LogP) is 3.21. The molecule has 0 saturated carbocycles. The molecule has 0 aliphatic heterocycles. The summed E-state index contributed by atoms with van der Waals surface area (Å²) in [5.41, 5.74) is 2.84. The zero-order chi connectivity index (χ0) is 16.9. The first-order valence-corrected chi connectivity index (χ1v) is 7.92. The Morgan fingerprint density at radius 1 is 1.25 bits per heavy atom. The third-order valence-electron chi connectivity index (χ3n) is 3.15. The lowest BCUT2D eigenvalue weighted by Crippen LogP contribution is -1.87. The molecule has 0 amide bonds. The number of carboxylic acid groups (broad SMARTS) is 1. The maximum absolute atomic E-state index is 10.5. The minimum absolute atomic E-state index is 0.789. The lowest BCUT2D eigenvalue weighted by molar-refractivity contribution is -0.131. The highest BCUT2D eigenvalue weighted by atomic mass is 32.1. The first-order chi connectivity index (χ1) is 11.6. The van der Waals surface area contributed by atoms with Crippen LogP contribution in [0, 0.1) is 0 Å². The van der Waals surface area contributed by atoms with Gasteiger partial charge >= 0.3 is 5.97 Å². The number of hydrogen-bond acceptors (Lipinski definition) is 5. The fraction of sp³-hybridized carbons (Fsp3) is 0.0588. The number of hydrogen-bond donors (Lipinski definition) is 1. The van der Waals surface area contributed by atoms with Crippen molar-refractivity contribution in [1.29, 1.82) is 0 Å². The van der Waals surface area contributed by atoms with Gasteiger partial charge in [-0.15, -0.1) is 11.3 Å². The van der Waals surface area contributed by atoms with Crippen LogP contribution in [0.3, 0.4) is 0 Å². The summed E-state index contributed by atoms with van der Waals surface area (Å²) in [5.74, 6) is -0.974. The zero-order valence-electron chi connectivity index (χ0n) is 12.8. The van der Waals surface area contributed by atoms with Crippen LogP contribution < -0.4 is 0 Å². The normalized spacial score (nSPS) is 11.5. The van der Waals surface area contributed by atoms with Crippen molar-refractivity contribution in [3.63, 3.8) is 0 Å². The van der Waals surface area contributed by atoms with E-state index in [1.54, 1.807) is 23.3 Å². The number of rotatable bonds is 5. The van der Waals surface area contributed by atoms with Gasteiger partial charge in [0.15, 0.2) is 0 Å². The largest absolute Gasteiger partial charge is 0.478 e. The van der Waals surface area contributed by atoms with E-state index in [2.05, 4.69) is 15.1 Å². The second kappa shape index (κ2) is 7.01. The average molecular weight is 338 g/mol. The van der Waals surface area contributed by atoms with E-state index in [4.69, 9.17) is 5.11 Å². The minimum Gasteiger partial charge on any atom is -0.478 e. The lowest BCUT2D eigenvalue weighted by atomic mass is 10.1. The Balaban J connectivity index is 1.84. The number of aryl methyl sites for hydroxylation is 1. The summed E-state index contributed by atoms with van der Waals surface area (Å²) in [6, 6.07) is 3.83. The molecule has 0 aliphatic carbocycles. The summed E-state index contributed by atoms with van der Waals surface area (Å²) >= 11 is 1.42. The zero-order valence-corrected chi connectivity index (χ0v) is 13.6. The number of carbonyl (C=O) groups is 1. The second-order valence-corrected chi connectivity index (χ2v) is 6.04. The van der Waals surface area contributed by atoms with Crippen molar-refractivity contribution in [2.75, 3.05) is 0 Å². The topological polar surface area (TPSA) is 80.9 Å². The number of aliphatic carboxylic acids is 1. The quantitative estimate of drug-likeness (QED) is 0.723. The molecule has 0 radical (unpaired) electrons. The van der Waals surface area contributed by atoms with Crippen LogP contribution in [-0.2, 0) is 11.8 Å². The van der Waals surface area contributed by atoms with Gasteiger partial charge in [0, 0.05) is 53.9 Å². The molecule has 0 bridgehead atoms. The summed E-state index contributed by atoms with van der Waals surface area (Å²) < 4.78 is 1.76. The molecule has 1 N–H and O–H groups in total. The van der Waals surface area contributed by atoms with Crippen LogP contribution in [0.25, 0.3) is 29.5 Å². The monoisotopic (exact) mass is 338 g/mol. The van der Waals surface area contributed by atoms with E-state index in [-0.39, 0.29) is 0 Å².